The Labute approximate surface area is 183 Å². The van der Waals surface area contributed by atoms with Crippen LogP contribution in [0.4, 0.5) is 0 Å². The number of para-hydroxylation sites is 1. The van der Waals surface area contributed by atoms with Gasteiger partial charge in [0, 0.05) is 36.2 Å². The van der Waals surface area contributed by atoms with Gasteiger partial charge in [-0.2, -0.15) is 0 Å². The second-order valence-electron chi connectivity index (χ2n) is 10.6. The normalized spacial score (nSPS) is 27.6. The summed E-state index contributed by atoms with van der Waals surface area (Å²) < 4.78 is 2.61. The highest BCUT2D eigenvalue weighted by atomic mass is 15.1. The van der Waals surface area contributed by atoms with E-state index in [9.17, 15) is 0 Å². The van der Waals surface area contributed by atoms with E-state index >= 15 is 0 Å². The van der Waals surface area contributed by atoms with Gasteiger partial charge >= 0.3 is 0 Å². The Bertz CT molecular complexity index is 803. The fourth-order valence-corrected chi connectivity index (χ4v) is 6.56. The van der Waals surface area contributed by atoms with Gasteiger partial charge in [-0.1, -0.05) is 37.5 Å². The molecular formula is C27H41N3. The van der Waals surface area contributed by atoms with E-state index in [1.165, 1.54) is 108 Å². The number of aromatic nitrogens is 1. The number of piperidine rings is 1. The van der Waals surface area contributed by atoms with Crippen molar-refractivity contribution in [1.82, 2.24) is 9.47 Å². The molecule has 0 amide bonds. The van der Waals surface area contributed by atoms with E-state index in [-0.39, 0.29) is 0 Å². The maximum absolute atomic E-state index is 6.10. The van der Waals surface area contributed by atoms with Gasteiger partial charge in [0.05, 0.1) is 0 Å². The molecule has 0 spiro atoms. The van der Waals surface area contributed by atoms with Crippen molar-refractivity contribution in [1.29, 1.82) is 0 Å². The first-order valence-electron chi connectivity index (χ1n) is 12.8. The first kappa shape index (κ1) is 20.6. The molecule has 3 fully saturated rings. The van der Waals surface area contributed by atoms with Gasteiger partial charge in [0.25, 0.3) is 0 Å². The summed E-state index contributed by atoms with van der Waals surface area (Å²) in [6.07, 6.45) is 17.5. The SMILES string of the molecule is N[C@H]1CC[C@H](CN2CCC(c3cn(CC4CCCCC4)c4ccccc34)CC2)CC1. The summed E-state index contributed by atoms with van der Waals surface area (Å²) >= 11 is 0. The number of benzene rings is 1. The third-order valence-corrected chi connectivity index (χ3v) is 8.43. The van der Waals surface area contributed by atoms with Gasteiger partial charge in [0.15, 0.2) is 0 Å². The molecule has 3 heteroatoms. The van der Waals surface area contributed by atoms with Crippen molar-refractivity contribution in [3.05, 3.63) is 36.0 Å². The fraction of sp³-hybridized carbons (Fsp3) is 0.704. The van der Waals surface area contributed by atoms with Crippen LogP contribution in [0.5, 0.6) is 0 Å². The molecule has 2 N–H and O–H groups in total. The lowest BCUT2D eigenvalue weighted by Crippen LogP contribution is -2.38. The van der Waals surface area contributed by atoms with E-state index in [1.807, 2.05) is 0 Å². The molecule has 2 aromatic rings. The van der Waals surface area contributed by atoms with Crippen molar-refractivity contribution < 1.29 is 0 Å². The third kappa shape index (κ3) is 4.62. The molecule has 1 saturated heterocycles. The van der Waals surface area contributed by atoms with Gasteiger partial charge in [-0.25, -0.2) is 0 Å². The molecule has 0 bridgehead atoms. The summed E-state index contributed by atoms with van der Waals surface area (Å²) in [7, 11) is 0. The first-order valence-corrected chi connectivity index (χ1v) is 12.8. The second kappa shape index (κ2) is 9.44. The molecule has 1 aliphatic heterocycles. The van der Waals surface area contributed by atoms with Crippen molar-refractivity contribution in [3.63, 3.8) is 0 Å². The molecule has 3 nitrogen and oxygen atoms in total. The van der Waals surface area contributed by atoms with E-state index in [2.05, 4.69) is 39.9 Å². The zero-order valence-electron chi connectivity index (χ0n) is 18.8. The van der Waals surface area contributed by atoms with Gasteiger partial charge in [-0.05, 0) is 93.8 Å². The number of fused-ring (bicyclic) bond motifs is 1. The molecule has 1 aromatic heterocycles. The molecule has 3 aliphatic rings. The van der Waals surface area contributed by atoms with Crippen molar-refractivity contribution >= 4 is 10.9 Å². The molecule has 1 aromatic carbocycles. The molecule has 0 atom stereocenters. The van der Waals surface area contributed by atoms with Crippen molar-refractivity contribution in [2.24, 2.45) is 17.6 Å². The summed E-state index contributed by atoms with van der Waals surface area (Å²) in [6, 6.07) is 9.66. The van der Waals surface area contributed by atoms with Crippen LogP contribution in [0.3, 0.4) is 0 Å². The van der Waals surface area contributed by atoms with Crippen LogP contribution in [0, 0.1) is 11.8 Å². The van der Waals surface area contributed by atoms with Gasteiger partial charge in [-0.3, -0.25) is 0 Å². The molecule has 30 heavy (non-hydrogen) atoms. The van der Waals surface area contributed by atoms with Gasteiger partial charge in [-0.15, -0.1) is 0 Å². The van der Waals surface area contributed by atoms with Crippen LogP contribution in [0.15, 0.2) is 30.5 Å². The Hall–Kier alpha value is -1.32. The molecule has 2 aliphatic carbocycles. The molecule has 164 valence electrons. The number of hydrogen-bond donors (Lipinski definition) is 1. The van der Waals surface area contributed by atoms with Crippen LogP contribution in [-0.4, -0.2) is 35.1 Å². The fourth-order valence-electron chi connectivity index (χ4n) is 6.56. The topological polar surface area (TPSA) is 34.2 Å². The lowest BCUT2D eigenvalue weighted by Gasteiger charge is -2.36. The van der Waals surface area contributed by atoms with Crippen molar-refractivity contribution in [3.8, 4) is 0 Å². The highest BCUT2D eigenvalue weighted by molar-refractivity contribution is 5.84. The lowest BCUT2D eigenvalue weighted by atomic mass is 9.84. The van der Waals surface area contributed by atoms with Crippen LogP contribution in [0.1, 0.15) is 82.1 Å². The Morgan fingerprint density at radius 2 is 1.47 bits per heavy atom. The van der Waals surface area contributed by atoms with Crippen molar-refractivity contribution in [2.45, 2.75) is 89.1 Å². The Kier molecular flexibility index (Phi) is 6.48. The number of nitrogens with zero attached hydrogens (tertiary/aromatic N) is 2. The van der Waals surface area contributed by atoms with E-state index < -0.39 is 0 Å². The predicted octanol–water partition coefficient (Wildman–Crippen LogP) is 5.92. The maximum Gasteiger partial charge on any atom is 0.0483 e. The van der Waals surface area contributed by atoms with Crippen LogP contribution < -0.4 is 5.73 Å². The second-order valence-corrected chi connectivity index (χ2v) is 10.6. The Morgan fingerprint density at radius 3 is 2.23 bits per heavy atom. The Balaban J connectivity index is 1.24. The van der Waals surface area contributed by atoms with E-state index in [0.29, 0.717) is 6.04 Å². The van der Waals surface area contributed by atoms with Crippen LogP contribution in [-0.2, 0) is 6.54 Å². The smallest absolute Gasteiger partial charge is 0.0483 e. The summed E-state index contributed by atoms with van der Waals surface area (Å²) in [4.78, 5) is 2.75. The van der Waals surface area contributed by atoms with E-state index in [0.717, 1.165) is 17.8 Å². The number of nitrogens with two attached hydrogens (primary N) is 1. The molecule has 2 heterocycles. The van der Waals surface area contributed by atoms with Crippen LogP contribution in [0.2, 0.25) is 0 Å². The molecule has 0 unspecified atom stereocenters. The highest BCUT2D eigenvalue weighted by Crippen LogP contribution is 2.36. The van der Waals surface area contributed by atoms with Gasteiger partial charge in [0.2, 0.25) is 0 Å². The number of hydrogen-bond acceptors (Lipinski definition) is 2. The summed E-state index contributed by atoms with van der Waals surface area (Å²) in [6.45, 7) is 5.08. The van der Waals surface area contributed by atoms with E-state index in [4.69, 9.17) is 5.73 Å². The monoisotopic (exact) mass is 407 g/mol. The molecule has 2 saturated carbocycles. The minimum atomic E-state index is 0.470. The molecular weight excluding hydrogens is 366 g/mol. The average Bonchev–Trinajstić information content (AvgIpc) is 3.15. The zero-order valence-corrected chi connectivity index (χ0v) is 18.8. The molecule has 5 rings (SSSR count). The quantitative estimate of drug-likeness (QED) is 0.668. The highest BCUT2D eigenvalue weighted by Gasteiger charge is 2.27. The summed E-state index contributed by atoms with van der Waals surface area (Å²) in [5.74, 6) is 2.50. The standard InChI is InChI=1S/C27H41N3/c28-24-12-10-22(11-13-24)18-29-16-14-23(15-17-29)26-20-30(19-21-6-2-1-3-7-21)27-9-5-4-8-25(26)27/h4-5,8-9,20-24H,1-3,6-7,10-19,28H2/t22-,24-. The molecule has 0 radical (unpaired) electrons. The van der Waals surface area contributed by atoms with Gasteiger partial charge < -0.3 is 15.2 Å². The third-order valence-electron chi connectivity index (χ3n) is 8.43. The number of likely N-dealkylation sites (tertiary alicyclic amines) is 1. The predicted molar refractivity (Wildman–Crippen MR) is 127 cm³/mol. The maximum atomic E-state index is 6.10. The van der Waals surface area contributed by atoms with Crippen LogP contribution in [0.25, 0.3) is 10.9 Å². The largest absolute Gasteiger partial charge is 0.347 e. The minimum Gasteiger partial charge on any atom is -0.347 e. The Morgan fingerprint density at radius 1 is 0.767 bits per heavy atom. The summed E-state index contributed by atoms with van der Waals surface area (Å²) in [5.41, 5.74) is 9.20. The van der Waals surface area contributed by atoms with E-state index in [1.54, 1.807) is 5.56 Å². The average molecular weight is 408 g/mol. The van der Waals surface area contributed by atoms with Crippen LogP contribution >= 0.6 is 0 Å². The minimum absolute atomic E-state index is 0.470. The number of rotatable bonds is 5. The zero-order chi connectivity index (χ0) is 20.3. The first-order chi connectivity index (χ1) is 14.8. The lowest BCUT2D eigenvalue weighted by molar-refractivity contribution is 0.160. The summed E-state index contributed by atoms with van der Waals surface area (Å²) in [5, 5.41) is 1.52. The van der Waals surface area contributed by atoms with Gasteiger partial charge in [0.1, 0.15) is 0 Å². The van der Waals surface area contributed by atoms with Crippen molar-refractivity contribution in [2.75, 3.05) is 19.6 Å².